The Bertz CT molecular complexity index is 1410. The van der Waals surface area contributed by atoms with Crippen molar-refractivity contribution in [1.82, 2.24) is 10.2 Å². The second-order valence-electron chi connectivity index (χ2n) is 10.2. The fourth-order valence-corrected chi connectivity index (χ4v) is 5.78. The van der Waals surface area contributed by atoms with E-state index in [0.717, 1.165) is 21.7 Å². The Morgan fingerprint density at radius 3 is 2.05 bits per heavy atom. The Morgan fingerprint density at radius 1 is 0.902 bits per heavy atom. The summed E-state index contributed by atoms with van der Waals surface area (Å²) < 4.78 is 26.9. The lowest BCUT2D eigenvalue weighted by atomic mass is 10.0. The fraction of sp³-hybridized carbons (Fsp3) is 0.355. The quantitative estimate of drug-likeness (QED) is 0.253. The Hall–Kier alpha value is -3.07. The summed E-state index contributed by atoms with van der Waals surface area (Å²) in [5.41, 5.74) is 2.71. The van der Waals surface area contributed by atoms with Gasteiger partial charge in [-0.2, -0.15) is 0 Å². The topological polar surface area (TPSA) is 86.8 Å². The molecule has 3 aromatic carbocycles. The van der Waals surface area contributed by atoms with E-state index in [1.807, 2.05) is 63.2 Å². The summed E-state index contributed by atoms with van der Waals surface area (Å²) in [6.45, 7) is 5.86. The first kappa shape index (κ1) is 32.4. The standard InChI is InChI=1S/C31H37Cl2N3O4S/c1-5-18-34-31(38)29(19-23-10-7-6-8-11-23)35(20-26-27(32)12-9-13-28(26)33)30(37)21-36(41(4,39)40)25-16-14-24(15-17-25)22(2)3/h6-17,22,29H,5,18-21H2,1-4H3,(H,34,38). The maximum Gasteiger partial charge on any atom is 0.244 e. The van der Waals surface area contributed by atoms with Crippen molar-refractivity contribution in [3.63, 3.8) is 0 Å². The number of carbonyl (C=O) groups excluding carboxylic acids is 2. The highest BCUT2D eigenvalue weighted by molar-refractivity contribution is 7.92. The molecule has 0 radical (unpaired) electrons. The number of benzene rings is 3. The largest absolute Gasteiger partial charge is 0.354 e. The van der Waals surface area contributed by atoms with Gasteiger partial charge in [0.1, 0.15) is 12.6 Å². The predicted molar refractivity (Wildman–Crippen MR) is 167 cm³/mol. The summed E-state index contributed by atoms with van der Waals surface area (Å²) in [7, 11) is -3.85. The van der Waals surface area contributed by atoms with Crippen LogP contribution in [0.15, 0.2) is 72.8 Å². The number of anilines is 1. The molecule has 1 N–H and O–H groups in total. The number of hydrogen-bond acceptors (Lipinski definition) is 4. The lowest BCUT2D eigenvalue weighted by Crippen LogP contribution is -2.53. The summed E-state index contributed by atoms with van der Waals surface area (Å²) in [5, 5.41) is 3.58. The van der Waals surface area contributed by atoms with Gasteiger partial charge in [0.05, 0.1) is 11.9 Å². The first-order chi connectivity index (χ1) is 19.4. The highest BCUT2D eigenvalue weighted by atomic mass is 35.5. The summed E-state index contributed by atoms with van der Waals surface area (Å²) in [4.78, 5) is 29.1. The number of amides is 2. The second kappa shape index (κ2) is 14.7. The Balaban J connectivity index is 2.07. The number of nitrogens with zero attached hydrogens (tertiary/aromatic N) is 2. The van der Waals surface area contributed by atoms with Crippen molar-refractivity contribution in [2.75, 3.05) is 23.7 Å². The normalized spacial score (nSPS) is 12.2. The van der Waals surface area contributed by atoms with E-state index < -0.39 is 28.5 Å². The molecule has 0 saturated heterocycles. The van der Waals surface area contributed by atoms with E-state index in [9.17, 15) is 18.0 Å². The van der Waals surface area contributed by atoms with Crippen LogP contribution in [0, 0.1) is 0 Å². The molecule has 0 aliphatic rings. The van der Waals surface area contributed by atoms with E-state index in [2.05, 4.69) is 5.32 Å². The van der Waals surface area contributed by atoms with Crippen LogP contribution in [0.25, 0.3) is 0 Å². The molecule has 220 valence electrons. The molecule has 7 nitrogen and oxygen atoms in total. The minimum absolute atomic E-state index is 0.0850. The van der Waals surface area contributed by atoms with Crippen molar-refractivity contribution >= 4 is 50.7 Å². The van der Waals surface area contributed by atoms with E-state index in [1.54, 1.807) is 30.3 Å². The van der Waals surface area contributed by atoms with Gasteiger partial charge in [-0.15, -0.1) is 0 Å². The molecule has 2 amide bonds. The van der Waals surface area contributed by atoms with E-state index in [1.165, 1.54) is 4.90 Å². The third-order valence-electron chi connectivity index (χ3n) is 6.74. The van der Waals surface area contributed by atoms with Crippen LogP contribution in [-0.2, 0) is 32.6 Å². The van der Waals surface area contributed by atoms with Crippen LogP contribution >= 0.6 is 23.2 Å². The van der Waals surface area contributed by atoms with E-state index in [-0.39, 0.29) is 24.8 Å². The summed E-state index contributed by atoms with van der Waals surface area (Å²) in [6.07, 6.45) is 1.98. The SMILES string of the molecule is CCCNC(=O)C(Cc1ccccc1)N(Cc1c(Cl)cccc1Cl)C(=O)CN(c1ccc(C(C)C)cc1)S(C)(=O)=O. The first-order valence-electron chi connectivity index (χ1n) is 13.5. The Morgan fingerprint density at radius 2 is 1.51 bits per heavy atom. The molecule has 0 bridgehead atoms. The van der Waals surface area contributed by atoms with Crippen LogP contribution in [-0.4, -0.2) is 50.5 Å². The highest BCUT2D eigenvalue weighted by Gasteiger charge is 2.33. The summed E-state index contributed by atoms with van der Waals surface area (Å²) in [5.74, 6) is -0.653. The number of nitrogens with one attached hydrogen (secondary N) is 1. The van der Waals surface area contributed by atoms with Gasteiger partial charge >= 0.3 is 0 Å². The van der Waals surface area contributed by atoms with Crippen molar-refractivity contribution < 1.29 is 18.0 Å². The van der Waals surface area contributed by atoms with Gasteiger partial charge in [0.25, 0.3) is 0 Å². The zero-order valence-corrected chi connectivity index (χ0v) is 26.1. The summed E-state index contributed by atoms with van der Waals surface area (Å²) >= 11 is 13.0. The average molecular weight is 619 g/mol. The molecule has 1 unspecified atom stereocenters. The number of sulfonamides is 1. The fourth-order valence-electron chi connectivity index (χ4n) is 4.41. The summed E-state index contributed by atoms with van der Waals surface area (Å²) in [6, 6.07) is 20.5. The van der Waals surface area contributed by atoms with Crippen LogP contribution < -0.4 is 9.62 Å². The average Bonchev–Trinajstić information content (AvgIpc) is 2.93. The third kappa shape index (κ3) is 8.96. The molecule has 10 heteroatoms. The van der Waals surface area contributed by atoms with E-state index >= 15 is 0 Å². The molecule has 0 spiro atoms. The number of halogens is 2. The Kier molecular flexibility index (Phi) is 11.6. The molecule has 3 rings (SSSR count). The molecule has 0 aromatic heterocycles. The number of carbonyl (C=O) groups is 2. The first-order valence-corrected chi connectivity index (χ1v) is 16.1. The molecule has 3 aromatic rings. The van der Waals surface area contributed by atoms with Crippen LogP contribution in [0.2, 0.25) is 10.0 Å². The van der Waals surface area contributed by atoms with Gasteiger partial charge in [-0.25, -0.2) is 8.42 Å². The minimum atomic E-state index is -3.85. The van der Waals surface area contributed by atoms with Crippen LogP contribution in [0.4, 0.5) is 5.69 Å². The predicted octanol–water partition coefficient (Wildman–Crippen LogP) is 6.05. The van der Waals surface area contributed by atoms with Crippen molar-refractivity contribution in [1.29, 1.82) is 0 Å². The van der Waals surface area contributed by atoms with Crippen LogP contribution in [0.1, 0.15) is 49.8 Å². The molecule has 0 aliphatic carbocycles. The lowest BCUT2D eigenvalue weighted by molar-refractivity contribution is -0.140. The van der Waals surface area contributed by atoms with Gasteiger partial charge in [0, 0.05) is 35.1 Å². The van der Waals surface area contributed by atoms with E-state index in [4.69, 9.17) is 23.2 Å². The molecule has 0 aliphatic heterocycles. The van der Waals surface area contributed by atoms with Gasteiger partial charge in [-0.3, -0.25) is 13.9 Å². The molecule has 0 heterocycles. The lowest BCUT2D eigenvalue weighted by Gasteiger charge is -2.34. The molecular weight excluding hydrogens is 581 g/mol. The van der Waals surface area contributed by atoms with Gasteiger partial charge < -0.3 is 10.2 Å². The Labute approximate surface area is 253 Å². The van der Waals surface area contributed by atoms with Crippen molar-refractivity contribution in [2.45, 2.75) is 52.1 Å². The van der Waals surface area contributed by atoms with Gasteiger partial charge in [-0.05, 0) is 47.7 Å². The highest BCUT2D eigenvalue weighted by Crippen LogP contribution is 2.28. The van der Waals surface area contributed by atoms with Crippen LogP contribution in [0.3, 0.4) is 0 Å². The monoisotopic (exact) mass is 617 g/mol. The minimum Gasteiger partial charge on any atom is -0.354 e. The molecule has 0 fully saturated rings. The van der Waals surface area contributed by atoms with E-state index in [0.29, 0.717) is 34.3 Å². The van der Waals surface area contributed by atoms with Crippen molar-refractivity contribution in [3.05, 3.63) is 99.5 Å². The van der Waals surface area contributed by atoms with Crippen molar-refractivity contribution in [3.8, 4) is 0 Å². The zero-order valence-electron chi connectivity index (χ0n) is 23.8. The number of rotatable bonds is 13. The molecule has 1 atom stereocenters. The van der Waals surface area contributed by atoms with Gasteiger partial charge in [-0.1, -0.05) is 92.5 Å². The van der Waals surface area contributed by atoms with Gasteiger partial charge in [0.15, 0.2) is 0 Å². The molecule has 41 heavy (non-hydrogen) atoms. The maximum absolute atomic E-state index is 14.1. The maximum atomic E-state index is 14.1. The smallest absolute Gasteiger partial charge is 0.244 e. The molecular formula is C31H37Cl2N3O4S. The third-order valence-corrected chi connectivity index (χ3v) is 8.59. The van der Waals surface area contributed by atoms with Gasteiger partial charge in [0.2, 0.25) is 21.8 Å². The molecule has 0 saturated carbocycles. The second-order valence-corrected chi connectivity index (χ2v) is 13.0. The van der Waals surface area contributed by atoms with Crippen LogP contribution in [0.5, 0.6) is 0 Å². The zero-order chi connectivity index (χ0) is 30.2. The number of hydrogen-bond donors (Lipinski definition) is 1. The van der Waals surface area contributed by atoms with Crippen molar-refractivity contribution in [2.24, 2.45) is 0 Å².